The van der Waals surface area contributed by atoms with Gasteiger partial charge < -0.3 is 10.2 Å². The summed E-state index contributed by atoms with van der Waals surface area (Å²) in [4.78, 5) is 0. The van der Waals surface area contributed by atoms with Crippen molar-refractivity contribution in [1.82, 2.24) is 0 Å². The van der Waals surface area contributed by atoms with Crippen molar-refractivity contribution >= 4 is 0 Å². The summed E-state index contributed by atoms with van der Waals surface area (Å²) >= 11 is 0. The first-order valence-corrected chi connectivity index (χ1v) is 5.80. The van der Waals surface area contributed by atoms with Crippen LogP contribution in [-0.4, -0.2) is 22.9 Å². The van der Waals surface area contributed by atoms with Gasteiger partial charge >= 0.3 is 0 Å². The van der Waals surface area contributed by atoms with Gasteiger partial charge in [-0.1, -0.05) is 31.4 Å². The first-order chi connectivity index (χ1) is 6.83. The van der Waals surface area contributed by atoms with Crippen molar-refractivity contribution in [3.05, 3.63) is 12.2 Å². The molecule has 1 saturated carbocycles. The number of aliphatic hydroxyl groups excluding tert-OH is 2. The summed E-state index contributed by atoms with van der Waals surface area (Å²) < 4.78 is 0. The van der Waals surface area contributed by atoms with Crippen LogP contribution in [0.3, 0.4) is 0 Å². The predicted molar refractivity (Wildman–Crippen MR) is 58.0 cm³/mol. The zero-order valence-corrected chi connectivity index (χ0v) is 8.86. The minimum absolute atomic E-state index is 0.175. The van der Waals surface area contributed by atoms with Crippen LogP contribution < -0.4 is 0 Å². The van der Waals surface area contributed by atoms with Gasteiger partial charge in [0, 0.05) is 6.61 Å². The van der Waals surface area contributed by atoms with Crippen LogP contribution in [0.25, 0.3) is 0 Å². The first-order valence-electron chi connectivity index (χ1n) is 5.80. The maximum Gasteiger partial charge on any atom is 0.0721 e. The highest BCUT2D eigenvalue weighted by Gasteiger charge is 2.10. The molecule has 1 rings (SSSR count). The molecule has 0 aliphatic heterocycles. The number of allylic oxidation sites excluding steroid dienone is 1. The number of hydrogen-bond donors (Lipinski definition) is 2. The Balaban J connectivity index is 2.16. The van der Waals surface area contributed by atoms with Crippen LogP contribution in [-0.2, 0) is 0 Å². The minimum atomic E-state index is -0.357. The van der Waals surface area contributed by atoms with Crippen LogP contribution in [0.2, 0.25) is 0 Å². The Hall–Kier alpha value is -0.340. The molecule has 0 spiro atoms. The Morgan fingerprint density at radius 2 is 1.93 bits per heavy atom. The van der Waals surface area contributed by atoms with E-state index in [4.69, 9.17) is 5.11 Å². The molecule has 0 radical (unpaired) electrons. The molecular weight excluding hydrogens is 176 g/mol. The zero-order valence-electron chi connectivity index (χ0n) is 8.86. The molecule has 0 bridgehead atoms. The summed E-state index contributed by atoms with van der Waals surface area (Å²) in [6, 6.07) is 0. The molecule has 14 heavy (non-hydrogen) atoms. The van der Waals surface area contributed by atoms with E-state index in [0.717, 1.165) is 0 Å². The van der Waals surface area contributed by atoms with E-state index in [1.165, 1.54) is 32.1 Å². The maximum absolute atomic E-state index is 9.51. The number of hydrogen-bond acceptors (Lipinski definition) is 2. The molecule has 0 heterocycles. The lowest BCUT2D eigenvalue weighted by atomic mass is 9.89. The summed E-state index contributed by atoms with van der Waals surface area (Å²) in [6.07, 6.45) is 11.7. The van der Waals surface area contributed by atoms with Crippen LogP contribution in [0.5, 0.6) is 0 Å². The van der Waals surface area contributed by atoms with Crippen molar-refractivity contribution in [1.29, 1.82) is 0 Å². The fourth-order valence-electron chi connectivity index (χ4n) is 2.01. The summed E-state index contributed by atoms with van der Waals surface area (Å²) in [7, 11) is 0. The molecule has 1 aliphatic carbocycles. The quantitative estimate of drug-likeness (QED) is 0.665. The number of rotatable bonds is 5. The highest BCUT2D eigenvalue weighted by Crippen LogP contribution is 2.24. The van der Waals surface area contributed by atoms with E-state index in [1.54, 1.807) is 0 Å². The van der Waals surface area contributed by atoms with Crippen molar-refractivity contribution < 1.29 is 10.2 Å². The van der Waals surface area contributed by atoms with Crippen molar-refractivity contribution in [2.24, 2.45) is 5.92 Å². The lowest BCUT2D eigenvalue weighted by molar-refractivity contribution is 0.189. The van der Waals surface area contributed by atoms with Gasteiger partial charge in [-0.2, -0.15) is 0 Å². The van der Waals surface area contributed by atoms with Gasteiger partial charge in [-0.15, -0.1) is 0 Å². The molecule has 1 aliphatic rings. The molecule has 1 unspecified atom stereocenters. The fraction of sp³-hybridized carbons (Fsp3) is 0.833. The average molecular weight is 198 g/mol. The van der Waals surface area contributed by atoms with Gasteiger partial charge in [0.1, 0.15) is 0 Å². The molecule has 2 nitrogen and oxygen atoms in total. The molecule has 2 N–H and O–H groups in total. The molecule has 1 atom stereocenters. The van der Waals surface area contributed by atoms with Crippen LogP contribution in [0.4, 0.5) is 0 Å². The summed E-state index contributed by atoms with van der Waals surface area (Å²) in [5.41, 5.74) is 0. The van der Waals surface area contributed by atoms with Gasteiger partial charge in [0.05, 0.1) is 6.10 Å². The zero-order chi connectivity index (χ0) is 10.2. The topological polar surface area (TPSA) is 40.5 Å². The molecule has 82 valence electrons. The summed E-state index contributed by atoms with van der Waals surface area (Å²) in [5.74, 6) is 0.688. The smallest absolute Gasteiger partial charge is 0.0721 e. The second kappa shape index (κ2) is 7.02. The van der Waals surface area contributed by atoms with E-state index in [9.17, 15) is 5.11 Å². The summed E-state index contributed by atoms with van der Waals surface area (Å²) in [6.45, 7) is 0.175. The Morgan fingerprint density at radius 3 is 2.57 bits per heavy atom. The lowest BCUT2D eigenvalue weighted by Crippen LogP contribution is -2.07. The van der Waals surface area contributed by atoms with Gasteiger partial charge in [-0.3, -0.25) is 0 Å². The second-order valence-corrected chi connectivity index (χ2v) is 4.22. The van der Waals surface area contributed by atoms with Crippen molar-refractivity contribution in [2.45, 2.75) is 51.0 Å². The molecule has 2 heteroatoms. The van der Waals surface area contributed by atoms with E-state index in [2.05, 4.69) is 6.08 Å². The largest absolute Gasteiger partial charge is 0.396 e. The predicted octanol–water partition coefficient (Wildman–Crippen LogP) is 2.26. The molecule has 0 aromatic carbocycles. The van der Waals surface area contributed by atoms with Gasteiger partial charge in [-0.25, -0.2) is 0 Å². The Bertz CT molecular complexity index is 160. The third-order valence-electron chi connectivity index (χ3n) is 2.91. The van der Waals surface area contributed by atoms with Crippen molar-refractivity contribution in [3.8, 4) is 0 Å². The van der Waals surface area contributed by atoms with E-state index >= 15 is 0 Å². The van der Waals surface area contributed by atoms with Gasteiger partial charge in [-0.05, 0) is 31.6 Å². The van der Waals surface area contributed by atoms with Crippen molar-refractivity contribution in [3.63, 3.8) is 0 Å². The molecule has 0 aromatic heterocycles. The Morgan fingerprint density at radius 1 is 1.21 bits per heavy atom. The van der Waals surface area contributed by atoms with Gasteiger partial charge in [0.2, 0.25) is 0 Å². The normalized spacial score (nSPS) is 21.6. The third-order valence-corrected chi connectivity index (χ3v) is 2.91. The highest BCUT2D eigenvalue weighted by atomic mass is 16.3. The minimum Gasteiger partial charge on any atom is -0.396 e. The van der Waals surface area contributed by atoms with Gasteiger partial charge in [0.25, 0.3) is 0 Å². The highest BCUT2D eigenvalue weighted by molar-refractivity contribution is 4.94. The van der Waals surface area contributed by atoms with Crippen LogP contribution in [0.15, 0.2) is 12.2 Å². The van der Waals surface area contributed by atoms with E-state index in [0.29, 0.717) is 18.8 Å². The molecule has 1 fully saturated rings. The van der Waals surface area contributed by atoms with Crippen LogP contribution in [0.1, 0.15) is 44.9 Å². The second-order valence-electron chi connectivity index (χ2n) is 4.22. The van der Waals surface area contributed by atoms with E-state index < -0.39 is 0 Å². The van der Waals surface area contributed by atoms with Crippen LogP contribution in [0, 0.1) is 5.92 Å². The van der Waals surface area contributed by atoms with E-state index in [1.807, 2.05) is 6.08 Å². The monoisotopic (exact) mass is 198 g/mol. The maximum atomic E-state index is 9.51. The molecular formula is C12H22O2. The van der Waals surface area contributed by atoms with Crippen molar-refractivity contribution in [2.75, 3.05) is 6.61 Å². The Labute approximate surface area is 86.6 Å². The van der Waals surface area contributed by atoms with Crippen LogP contribution >= 0.6 is 0 Å². The summed E-state index contributed by atoms with van der Waals surface area (Å²) in [5, 5.41) is 18.1. The third kappa shape index (κ3) is 4.77. The Kier molecular flexibility index (Phi) is 5.88. The fourth-order valence-corrected chi connectivity index (χ4v) is 2.01. The molecule has 0 saturated heterocycles. The standard InChI is InChI=1S/C12H22O2/c13-10-4-7-12(14)9-8-11-5-2-1-3-6-11/h8-9,11-14H,1-7,10H2/b9-8+. The number of aliphatic hydroxyl groups is 2. The first kappa shape index (κ1) is 11.7. The average Bonchev–Trinajstić information content (AvgIpc) is 2.25. The lowest BCUT2D eigenvalue weighted by Gasteiger charge is -2.18. The van der Waals surface area contributed by atoms with E-state index in [-0.39, 0.29) is 12.7 Å². The van der Waals surface area contributed by atoms with Gasteiger partial charge in [0.15, 0.2) is 0 Å². The molecule has 0 aromatic rings. The molecule has 0 amide bonds. The SMILES string of the molecule is OCCCC(O)/C=C/C1CCCCC1.